The molecular formula is C72H40O14. The van der Waals surface area contributed by atoms with Crippen molar-refractivity contribution in [3.05, 3.63) is 271 Å². The number of aryl methyl sites for hydroxylation is 2. The summed E-state index contributed by atoms with van der Waals surface area (Å²) >= 11 is 0. The van der Waals surface area contributed by atoms with Crippen LogP contribution in [0.5, 0.6) is 34.5 Å². The summed E-state index contributed by atoms with van der Waals surface area (Å²) in [7, 11) is 0. The maximum Gasteiger partial charge on any atom is 0.343 e. The molecular weight excluding hydrogens is 1090 g/mol. The molecule has 14 aromatic rings. The van der Waals surface area contributed by atoms with Crippen molar-refractivity contribution in [3.63, 3.8) is 0 Å². The van der Waals surface area contributed by atoms with Crippen molar-refractivity contribution in [2.75, 3.05) is 0 Å². The van der Waals surface area contributed by atoms with Gasteiger partial charge in [0.05, 0.1) is 54.9 Å². The number of carbonyl (C=O) groups excluding carboxylic acids is 6. The van der Waals surface area contributed by atoms with Crippen LogP contribution in [0.4, 0.5) is 0 Å². The van der Waals surface area contributed by atoms with Gasteiger partial charge in [0, 0.05) is 55.2 Å². The highest BCUT2D eigenvalue weighted by molar-refractivity contribution is 6.51. The summed E-state index contributed by atoms with van der Waals surface area (Å²) in [6.07, 6.45) is 0. The lowest BCUT2D eigenvalue weighted by molar-refractivity contribution is 0.0716. The first-order chi connectivity index (χ1) is 41.8. The van der Waals surface area contributed by atoms with E-state index in [9.17, 15) is 28.8 Å². The molecule has 0 saturated carbocycles. The number of esters is 6. The lowest BCUT2D eigenvalue weighted by Gasteiger charge is -2.27. The van der Waals surface area contributed by atoms with Gasteiger partial charge < -0.3 is 28.4 Å². The summed E-state index contributed by atoms with van der Waals surface area (Å²) in [6, 6.07) is 53.9. The van der Waals surface area contributed by atoms with Gasteiger partial charge >= 0.3 is 35.8 Å². The molecule has 412 valence electrons. The molecule has 14 nitrogen and oxygen atoms in total. The molecule has 0 radical (unpaired) electrons. The van der Waals surface area contributed by atoms with Crippen LogP contribution in [0.2, 0.25) is 0 Å². The van der Waals surface area contributed by atoms with E-state index in [0.717, 1.165) is 0 Å². The summed E-state index contributed by atoms with van der Waals surface area (Å²) in [5, 5.41) is 0.420. The number of hydrogen-bond acceptors (Lipinski definition) is 14. The van der Waals surface area contributed by atoms with E-state index in [1.807, 2.05) is 0 Å². The minimum Gasteiger partial charge on any atom is -0.422 e. The molecule has 86 heavy (non-hydrogen) atoms. The molecule has 0 amide bonds. The third-order valence-corrected chi connectivity index (χ3v) is 15.4. The normalized spacial score (nSPS) is 11.5. The number of carbonyl (C=O) groups is 6. The van der Waals surface area contributed by atoms with Gasteiger partial charge in [-0.15, -0.1) is 0 Å². The molecule has 0 heterocycles. The summed E-state index contributed by atoms with van der Waals surface area (Å²) in [5.41, 5.74) is -0.203. The van der Waals surface area contributed by atoms with Gasteiger partial charge in [0.1, 0.15) is 34.5 Å². The summed E-state index contributed by atoms with van der Waals surface area (Å²) in [5.74, 6) is -6.77. The SMILES string of the molecule is Cc1cc(OC(=O)c2ccccc2)c2c(=O)c3c(OC(=O)c4ccccc4)cc(OC(=O)c4ccccc4)c4c5c(C)cc(OC(=O)c6ccccc6)c6c(=O)c7c(OC(=O)c8ccccc8)cc(OC(=O)c8ccccc8)c8c1c2c(c34)c(c65)c78. The first-order valence-corrected chi connectivity index (χ1v) is 27.1. The first kappa shape index (κ1) is 52.2. The van der Waals surface area contributed by atoms with Crippen molar-refractivity contribution in [1.29, 1.82) is 0 Å². The molecule has 0 aliphatic carbocycles. The predicted octanol–water partition coefficient (Wildman–Crippen LogP) is 14.2. The Hall–Kier alpha value is -11.9. The predicted molar refractivity (Wildman–Crippen MR) is 324 cm³/mol. The van der Waals surface area contributed by atoms with E-state index < -0.39 is 46.7 Å². The van der Waals surface area contributed by atoms with Crippen molar-refractivity contribution in [2.24, 2.45) is 0 Å². The summed E-state index contributed by atoms with van der Waals surface area (Å²) in [4.78, 5) is 120. The van der Waals surface area contributed by atoms with Crippen LogP contribution in [-0.2, 0) is 0 Å². The molecule has 0 aromatic heterocycles. The fourth-order valence-corrected chi connectivity index (χ4v) is 11.8. The molecule has 0 bridgehead atoms. The third kappa shape index (κ3) is 8.42. The fourth-order valence-electron chi connectivity index (χ4n) is 11.8. The monoisotopic (exact) mass is 1130 g/mol. The minimum atomic E-state index is -0.896. The van der Waals surface area contributed by atoms with E-state index in [1.54, 1.807) is 172 Å². The number of benzene rings is 14. The Labute approximate surface area is 485 Å². The van der Waals surface area contributed by atoms with Gasteiger partial charge in [-0.1, -0.05) is 109 Å². The maximum atomic E-state index is 16.5. The average molecular weight is 1130 g/mol. The fraction of sp³-hybridized carbons (Fsp3) is 0.0278. The summed E-state index contributed by atoms with van der Waals surface area (Å²) in [6.45, 7) is 3.37. The Morgan fingerprint density at radius 1 is 0.221 bits per heavy atom. The van der Waals surface area contributed by atoms with E-state index in [4.69, 9.17) is 28.4 Å². The number of ether oxygens (including phenoxy) is 6. The highest BCUT2D eigenvalue weighted by atomic mass is 16.6. The Kier molecular flexibility index (Phi) is 12.5. The van der Waals surface area contributed by atoms with Crippen LogP contribution in [0.25, 0.3) is 75.4 Å². The smallest absolute Gasteiger partial charge is 0.343 e. The van der Waals surface area contributed by atoms with Gasteiger partial charge in [-0.2, -0.15) is 0 Å². The minimum absolute atomic E-state index is 0.0648. The Balaban J connectivity index is 1.23. The van der Waals surface area contributed by atoms with Gasteiger partial charge in [-0.25, -0.2) is 28.8 Å². The highest BCUT2D eigenvalue weighted by Gasteiger charge is 2.37. The van der Waals surface area contributed by atoms with E-state index in [-0.39, 0.29) is 143 Å². The molecule has 0 unspecified atom stereocenters. The Morgan fingerprint density at radius 2 is 0.395 bits per heavy atom. The van der Waals surface area contributed by atoms with Gasteiger partial charge in [0.25, 0.3) is 0 Å². The third-order valence-electron chi connectivity index (χ3n) is 15.4. The topological polar surface area (TPSA) is 192 Å². The lowest BCUT2D eigenvalue weighted by Crippen LogP contribution is -2.18. The van der Waals surface area contributed by atoms with E-state index >= 15 is 9.59 Å². The van der Waals surface area contributed by atoms with Crippen molar-refractivity contribution >= 4 is 111 Å². The lowest BCUT2D eigenvalue weighted by atomic mass is 9.78. The second-order valence-electron chi connectivity index (χ2n) is 20.6. The van der Waals surface area contributed by atoms with Crippen LogP contribution in [0.3, 0.4) is 0 Å². The van der Waals surface area contributed by atoms with E-state index in [0.29, 0.717) is 11.1 Å². The van der Waals surface area contributed by atoms with Crippen LogP contribution in [-0.4, -0.2) is 35.8 Å². The number of hydrogen-bond donors (Lipinski definition) is 0. The zero-order valence-corrected chi connectivity index (χ0v) is 45.3. The molecule has 0 N–H and O–H groups in total. The molecule has 0 atom stereocenters. The van der Waals surface area contributed by atoms with Gasteiger partial charge in [-0.3, -0.25) is 9.59 Å². The van der Waals surface area contributed by atoms with Crippen molar-refractivity contribution in [3.8, 4) is 34.5 Å². The Bertz CT molecular complexity index is 4920. The van der Waals surface area contributed by atoms with Crippen LogP contribution < -0.4 is 39.3 Å². The van der Waals surface area contributed by atoms with Crippen molar-refractivity contribution < 1.29 is 57.2 Å². The van der Waals surface area contributed by atoms with Gasteiger partial charge in [0.2, 0.25) is 10.9 Å². The molecule has 14 heteroatoms. The van der Waals surface area contributed by atoms with Crippen molar-refractivity contribution in [2.45, 2.75) is 13.8 Å². The van der Waals surface area contributed by atoms with Crippen LogP contribution in [0.15, 0.2) is 216 Å². The summed E-state index contributed by atoms with van der Waals surface area (Å²) < 4.78 is 38.2. The van der Waals surface area contributed by atoms with Crippen molar-refractivity contribution in [1.82, 2.24) is 0 Å². The molecule has 0 aliphatic heterocycles. The molecule has 0 saturated heterocycles. The Morgan fingerprint density at radius 3 is 0.616 bits per heavy atom. The van der Waals surface area contributed by atoms with E-state index in [2.05, 4.69) is 0 Å². The first-order valence-electron chi connectivity index (χ1n) is 27.1. The number of fused-ring (bicyclic) bond motifs is 2. The van der Waals surface area contributed by atoms with Crippen LogP contribution >= 0.6 is 0 Å². The van der Waals surface area contributed by atoms with Gasteiger partial charge in [-0.05, 0) is 121 Å². The zero-order chi connectivity index (χ0) is 59.1. The maximum absolute atomic E-state index is 16.5. The second-order valence-corrected chi connectivity index (χ2v) is 20.6. The molecule has 14 rings (SSSR count). The van der Waals surface area contributed by atoms with E-state index in [1.165, 1.54) is 48.5 Å². The average Bonchev–Trinajstić information content (AvgIpc) is 0.660. The molecule has 0 aliphatic rings. The molecule has 0 fully saturated rings. The van der Waals surface area contributed by atoms with Crippen LogP contribution in [0.1, 0.15) is 73.3 Å². The standard InChI is InChI=1S/C72H40O14/c1-37-33-45(81-67(75)39-21-9-3-10-22-39)55-59-51(37)53-47(83-69(77)41-25-13-5-14-26-41)35-49(85-71(79)43-29-17-7-18-30-43)57-61(53)64-60-52(38(2)34-46(56(60)66(57)74)82-68(76)40-23-11-4-12-24-40)54-48(84-70(78)42-27-15-6-16-28-42)36-50(58(65(55)73)62(54)63(59)64)86-72(80)44-31-19-8-20-32-44/h3-36H,1-2H3. The molecule has 0 spiro atoms. The van der Waals surface area contributed by atoms with Crippen LogP contribution in [0, 0.1) is 13.8 Å². The largest absolute Gasteiger partial charge is 0.422 e. The van der Waals surface area contributed by atoms with Gasteiger partial charge in [0.15, 0.2) is 0 Å². The number of rotatable bonds is 12. The second kappa shape index (κ2) is 20.5. The highest BCUT2D eigenvalue weighted by Crippen LogP contribution is 2.58. The molecule has 14 aromatic carbocycles. The zero-order valence-electron chi connectivity index (χ0n) is 45.3. The quantitative estimate of drug-likeness (QED) is 0.0485.